The zero-order valence-electron chi connectivity index (χ0n) is 15.2. The van der Waals surface area contributed by atoms with Gasteiger partial charge in [-0.2, -0.15) is 4.98 Å². The van der Waals surface area contributed by atoms with E-state index in [4.69, 9.17) is 4.74 Å². The predicted molar refractivity (Wildman–Crippen MR) is 97.2 cm³/mol. The van der Waals surface area contributed by atoms with Gasteiger partial charge in [0.2, 0.25) is 5.88 Å². The predicted octanol–water partition coefficient (Wildman–Crippen LogP) is 2.45. The summed E-state index contributed by atoms with van der Waals surface area (Å²) in [5.74, 6) is 1.32. The summed E-state index contributed by atoms with van der Waals surface area (Å²) in [6.07, 6.45) is 0.774. The zero-order valence-corrected chi connectivity index (χ0v) is 15.2. The lowest BCUT2D eigenvalue weighted by atomic mass is 10.1. The van der Waals surface area contributed by atoms with Gasteiger partial charge in [0.05, 0.1) is 6.54 Å². The second kappa shape index (κ2) is 7.09. The number of ether oxygens (including phenoxy) is 1. The van der Waals surface area contributed by atoms with Gasteiger partial charge in [-0.1, -0.05) is 6.07 Å². The molecule has 3 rings (SSSR count). The normalized spacial score (nSPS) is 16.8. The third-order valence-corrected chi connectivity index (χ3v) is 4.27. The minimum atomic E-state index is -0.0327. The first kappa shape index (κ1) is 17.2. The monoisotopic (exact) mass is 340 g/mol. The zero-order chi connectivity index (χ0) is 18.0. The Bertz CT molecular complexity index is 756. The minimum Gasteiger partial charge on any atom is -0.472 e. The van der Waals surface area contributed by atoms with Gasteiger partial charge in [-0.05, 0) is 32.0 Å². The molecule has 1 atom stereocenters. The van der Waals surface area contributed by atoms with E-state index in [1.54, 1.807) is 0 Å². The van der Waals surface area contributed by atoms with Gasteiger partial charge in [0, 0.05) is 50.1 Å². The van der Waals surface area contributed by atoms with Crippen LogP contribution in [0.4, 0.5) is 5.69 Å². The van der Waals surface area contributed by atoms with Crippen molar-refractivity contribution in [3.63, 3.8) is 0 Å². The Hall–Kier alpha value is -2.63. The first-order chi connectivity index (χ1) is 11.9. The Morgan fingerprint density at radius 2 is 2.04 bits per heavy atom. The van der Waals surface area contributed by atoms with Crippen LogP contribution >= 0.6 is 0 Å². The Morgan fingerprint density at radius 3 is 2.76 bits per heavy atom. The molecule has 1 aliphatic heterocycles. The molecule has 1 unspecified atom stereocenters. The van der Waals surface area contributed by atoms with Crippen LogP contribution < -0.4 is 9.64 Å². The number of carbonyl (C=O) groups excluding carboxylic acids is 1. The van der Waals surface area contributed by atoms with E-state index in [9.17, 15) is 4.79 Å². The van der Waals surface area contributed by atoms with E-state index < -0.39 is 0 Å². The van der Waals surface area contributed by atoms with E-state index >= 15 is 0 Å². The van der Waals surface area contributed by atoms with Crippen LogP contribution in [-0.4, -0.2) is 54.1 Å². The molecule has 0 aliphatic carbocycles. The lowest BCUT2D eigenvalue weighted by Gasteiger charge is -2.19. The topological polar surface area (TPSA) is 58.6 Å². The van der Waals surface area contributed by atoms with Crippen molar-refractivity contribution in [1.82, 2.24) is 14.9 Å². The van der Waals surface area contributed by atoms with Crippen LogP contribution in [0.2, 0.25) is 0 Å². The first-order valence-corrected chi connectivity index (χ1v) is 8.48. The van der Waals surface area contributed by atoms with Gasteiger partial charge in [-0.15, -0.1) is 0 Å². The molecule has 1 fully saturated rings. The van der Waals surface area contributed by atoms with Gasteiger partial charge in [0.15, 0.2) is 0 Å². The van der Waals surface area contributed by atoms with Crippen molar-refractivity contribution in [3.05, 3.63) is 47.4 Å². The van der Waals surface area contributed by atoms with Crippen molar-refractivity contribution in [2.24, 2.45) is 0 Å². The van der Waals surface area contributed by atoms with E-state index in [0.29, 0.717) is 30.4 Å². The third-order valence-electron chi connectivity index (χ3n) is 4.27. The molecule has 132 valence electrons. The number of aryl methyl sites for hydroxylation is 2. The van der Waals surface area contributed by atoms with E-state index in [0.717, 1.165) is 17.8 Å². The fourth-order valence-corrected chi connectivity index (χ4v) is 3.02. The highest BCUT2D eigenvalue weighted by Crippen LogP contribution is 2.21. The molecule has 25 heavy (non-hydrogen) atoms. The number of benzene rings is 1. The van der Waals surface area contributed by atoms with Crippen LogP contribution in [0.3, 0.4) is 0 Å². The average Bonchev–Trinajstić information content (AvgIpc) is 3.01. The maximum atomic E-state index is 12.8. The molecule has 6 heteroatoms. The lowest BCUT2D eigenvalue weighted by molar-refractivity contribution is 0.0771. The van der Waals surface area contributed by atoms with E-state index in [-0.39, 0.29) is 12.0 Å². The summed E-state index contributed by atoms with van der Waals surface area (Å²) in [6.45, 7) is 5.04. The van der Waals surface area contributed by atoms with Crippen molar-refractivity contribution < 1.29 is 9.53 Å². The summed E-state index contributed by atoms with van der Waals surface area (Å²) < 4.78 is 5.96. The number of aromatic nitrogens is 2. The molecule has 0 N–H and O–H groups in total. The van der Waals surface area contributed by atoms with Crippen LogP contribution in [0, 0.1) is 13.8 Å². The molecule has 1 amide bonds. The molecule has 0 bridgehead atoms. The quantitative estimate of drug-likeness (QED) is 0.856. The molecule has 1 aromatic heterocycles. The molecule has 0 saturated carbocycles. The minimum absolute atomic E-state index is 0.0327. The fourth-order valence-electron chi connectivity index (χ4n) is 3.02. The number of hydrogen-bond acceptors (Lipinski definition) is 5. The van der Waals surface area contributed by atoms with Crippen molar-refractivity contribution in [1.29, 1.82) is 0 Å². The van der Waals surface area contributed by atoms with Crippen molar-refractivity contribution in [3.8, 4) is 5.88 Å². The Kier molecular flexibility index (Phi) is 4.88. The summed E-state index contributed by atoms with van der Waals surface area (Å²) >= 11 is 0. The highest BCUT2D eigenvalue weighted by molar-refractivity contribution is 5.95. The molecular weight excluding hydrogens is 316 g/mol. The molecule has 0 radical (unpaired) electrons. The molecular formula is C19H24N4O2. The Balaban J connectivity index is 1.66. The lowest BCUT2D eigenvalue weighted by Crippen LogP contribution is -2.31. The Labute approximate surface area is 148 Å². The van der Waals surface area contributed by atoms with Crippen LogP contribution in [0.1, 0.15) is 28.3 Å². The largest absolute Gasteiger partial charge is 0.472 e. The van der Waals surface area contributed by atoms with Crippen LogP contribution in [-0.2, 0) is 0 Å². The van der Waals surface area contributed by atoms with Crippen molar-refractivity contribution in [2.75, 3.05) is 32.1 Å². The highest BCUT2D eigenvalue weighted by atomic mass is 16.5. The molecule has 1 aliphatic rings. The van der Waals surface area contributed by atoms with Gasteiger partial charge in [0.1, 0.15) is 11.9 Å². The van der Waals surface area contributed by atoms with Gasteiger partial charge >= 0.3 is 0 Å². The smallest absolute Gasteiger partial charge is 0.254 e. The van der Waals surface area contributed by atoms with Gasteiger partial charge < -0.3 is 14.5 Å². The molecule has 2 heterocycles. The van der Waals surface area contributed by atoms with Crippen LogP contribution in [0.15, 0.2) is 30.3 Å². The second-order valence-corrected chi connectivity index (χ2v) is 6.62. The summed E-state index contributed by atoms with van der Waals surface area (Å²) in [6, 6.07) is 9.53. The summed E-state index contributed by atoms with van der Waals surface area (Å²) in [5, 5.41) is 0. The average molecular weight is 340 g/mol. The molecule has 6 nitrogen and oxygen atoms in total. The molecule has 2 aromatic rings. The van der Waals surface area contributed by atoms with Gasteiger partial charge in [0.25, 0.3) is 5.91 Å². The van der Waals surface area contributed by atoms with Gasteiger partial charge in [-0.3, -0.25) is 4.79 Å². The summed E-state index contributed by atoms with van der Waals surface area (Å²) in [5.41, 5.74) is 2.61. The first-order valence-electron chi connectivity index (χ1n) is 8.48. The fraction of sp³-hybridized carbons (Fsp3) is 0.421. The van der Waals surface area contributed by atoms with E-state index in [2.05, 4.69) is 9.97 Å². The number of amides is 1. The number of carbonyl (C=O) groups is 1. The number of hydrogen-bond donors (Lipinski definition) is 0. The molecule has 1 aromatic carbocycles. The highest BCUT2D eigenvalue weighted by Gasteiger charge is 2.28. The van der Waals surface area contributed by atoms with E-state index in [1.807, 2.05) is 68.1 Å². The van der Waals surface area contributed by atoms with E-state index in [1.165, 1.54) is 0 Å². The standard InChI is InChI=1S/C19H24N4O2/c1-13-10-18(21-14(2)20-13)25-17-8-9-23(12-17)19(24)15-6-5-7-16(11-15)22(3)4/h5-7,10-11,17H,8-9,12H2,1-4H3. The van der Waals surface area contributed by atoms with Gasteiger partial charge in [-0.25, -0.2) is 4.98 Å². The number of rotatable bonds is 4. The maximum absolute atomic E-state index is 12.8. The summed E-state index contributed by atoms with van der Waals surface area (Å²) in [7, 11) is 3.93. The maximum Gasteiger partial charge on any atom is 0.254 e. The van der Waals surface area contributed by atoms with Crippen molar-refractivity contribution in [2.45, 2.75) is 26.4 Å². The van der Waals surface area contributed by atoms with Crippen LogP contribution in [0.5, 0.6) is 5.88 Å². The number of nitrogens with zero attached hydrogens (tertiary/aromatic N) is 4. The Morgan fingerprint density at radius 1 is 1.24 bits per heavy atom. The third kappa shape index (κ3) is 4.07. The number of anilines is 1. The van der Waals surface area contributed by atoms with Crippen molar-refractivity contribution >= 4 is 11.6 Å². The number of likely N-dealkylation sites (tertiary alicyclic amines) is 1. The summed E-state index contributed by atoms with van der Waals surface area (Å²) in [4.78, 5) is 25.2. The second-order valence-electron chi connectivity index (χ2n) is 6.62. The SMILES string of the molecule is Cc1cc(OC2CCN(C(=O)c3cccc(N(C)C)c3)C2)nc(C)n1. The molecule has 0 spiro atoms. The van der Waals surface area contributed by atoms with Crippen LogP contribution in [0.25, 0.3) is 0 Å². The molecule has 1 saturated heterocycles.